The number of hydrogen-bond acceptors (Lipinski definition) is 36. The molecule has 0 aromatic carbocycles. The molecule has 0 bridgehead atoms. The number of nitrogens with one attached hydrogen (secondary N) is 3. The van der Waals surface area contributed by atoms with Crippen molar-refractivity contribution in [1.82, 2.24) is 20.2 Å². The van der Waals surface area contributed by atoms with Crippen LogP contribution in [0.2, 0.25) is 0 Å². The first kappa shape index (κ1) is 87.9. The Labute approximate surface area is 581 Å². The predicted molar refractivity (Wildman–Crippen MR) is 294 cm³/mol. The van der Waals surface area contributed by atoms with Crippen LogP contribution in [-0.4, -0.2) is 307 Å². The first-order valence-corrected chi connectivity index (χ1v) is 31.2. The molecule has 6 saturated heterocycles. The number of aliphatic hydroxyl groups excluding tert-OH is 9. The molecule has 6 fully saturated rings. The SMILES string of the molecule is CC1(C)OC2[C@H](OC(C(=O)O)[C@@H]3OC(C)(C)O[C@H]23)O1.COCCOCCNC(=O)C1OC(O)C(O)[C@@H](O)[C@H]1O.COCCOCCNC(=O)C1OC(OP(=O)([O-])OP(=O)([O-])OC[C@H]2OC(n3ccc(=O)[nH]c3=O)[C@@H](O)[C@H]2O)C(O)[C@@H](O)[C@H]1O.COCCOCCS.[Na+].[Na+]. The summed E-state index contributed by atoms with van der Waals surface area (Å²) in [6, 6.07) is 0.904. The number of H-pyrrole nitrogens is 1. The van der Waals surface area contributed by atoms with Gasteiger partial charge < -0.3 is 142 Å². The van der Waals surface area contributed by atoms with Crippen molar-refractivity contribution < 1.29 is 223 Å². The van der Waals surface area contributed by atoms with E-state index >= 15 is 0 Å². The van der Waals surface area contributed by atoms with Gasteiger partial charge in [0.15, 0.2) is 55.0 Å². The van der Waals surface area contributed by atoms with E-state index in [1.165, 1.54) is 14.2 Å². The quantitative estimate of drug-likeness (QED) is 0.0160. The molecule has 93 heavy (non-hydrogen) atoms. The molecule has 528 valence electrons. The van der Waals surface area contributed by atoms with E-state index in [0.29, 0.717) is 37.6 Å². The second-order valence-corrected chi connectivity index (χ2v) is 24.2. The van der Waals surface area contributed by atoms with Gasteiger partial charge in [-0.2, -0.15) is 12.6 Å². The summed E-state index contributed by atoms with van der Waals surface area (Å²) in [6.07, 6.45) is -28.8. The van der Waals surface area contributed by atoms with Crippen LogP contribution in [0.5, 0.6) is 0 Å². The molecule has 13 N–H and O–H groups in total. The molecule has 0 spiro atoms. The van der Waals surface area contributed by atoms with E-state index in [0.717, 1.165) is 18.0 Å². The molecule has 0 saturated carbocycles. The van der Waals surface area contributed by atoms with Gasteiger partial charge in [-0.1, -0.05) is 0 Å². The van der Waals surface area contributed by atoms with Crippen LogP contribution in [-0.2, 0) is 103 Å². The Morgan fingerprint density at radius 2 is 1.11 bits per heavy atom. The van der Waals surface area contributed by atoms with Crippen LogP contribution in [0.1, 0.15) is 33.9 Å². The van der Waals surface area contributed by atoms with Crippen molar-refractivity contribution >= 4 is 46.1 Å². The summed E-state index contributed by atoms with van der Waals surface area (Å²) in [6.45, 7) is 9.49. The van der Waals surface area contributed by atoms with Crippen molar-refractivity contribution in [2.45, 2.75) is 156 Å². The number of fused-ring (bicyclic) bond motifs is 3. The number of amides is 2. The van der Waals surface area contributed by atoms with Gasteiger partial charge in [0, 0.05) is 52.4 Å². The standard InChI is InChI=1S/C20H33N3O19P2.C12H18O7.C11H21NO8.C5H12O2S.2Na/c1-36-6-7-37-5-3-21-17(30)16-13(27)12(26)15(29)19(40-16)41-44(34,35)42-43(32,33)38-8-9-11(25)14(28)18(39-9)23-4-2-10(24)22-20(23)31;1-11(2)16-5-6(17-11)8-10(15-7(5)9(13)14)19-12(3,4)18-8;1-18-4-5-19-3-2-12-10(16)9-7(14)6(13)8(15)11(17)20-9;1-6-2-3-7-4-5-8;;/h2,4,9,11-16,18-19,25-29H,3,5-8H2,1H3,(H,21,30)(H,32,33)(H,34,35)(H,22,24,31);5-8,10H,1-4H3,(H,13,14);6-9,11,13-15,17H,2-5H2,1H3,(H,12,16);8H,2-5H2,1H3;;/q;;;;2*+1/p-2/t9-,11+,12+,13-,14+,15?,16?,18?,19?;5-,6+,7?,8?,10-;6-,7+,8?,9?,11?;;;/m110.../s1. The summed E-state index contributed by atoms with van der Waals surface area (Å²) >= 11 is 3.96. The molecule has 6 aliphatic rings. The van der Waals surface area contributed by atoms with Gasteiger partial charge in [0.1, 0.15) is 73.2 Å². The fourth-order valence-electron chi connectivity index (χ4n) is 8.71. The number of thiol groups is 1. The van der Waals surface area contributed by atoms with Crippen LogP contribution in [0.25, 0.3) is 0 Å². The predicted octanol–water partition coefficient (Wildman–Crippen LogP) is -14.7. The van der Waals surface area contributed by atoms with Crippen molar-refractivity contribution in [1.29, 1.82) is 0 Å². The molecule has 7 rings (SSSR count). The van der Waals surface area contributed by atoms with Gasteiger partial charge in [-0.25, -0.2) is 13.9 Å². The van der Waals surface area contributed by atoms with Crippen molar-refractivity contribution in [2.75, 3.05) is 106 Å². The summed E-state index contributed by atoms with van der Waals surface area (Å²) < 4.78 is 111. The topological polar surface area (TPSA) is 570 Å². The number of hydrogen-bond donors (Lipinski definition) is 14. The Balaban J connectivity index is 0.000000495. The summed E-state index contributed by atoms with van der Waals surface area (Å²) in [4.78, 5) is 85.0. The monoisotopic (exact) mass is 1430 g/mol. The van der Waals surface area contributed by atoms with E-state index in [4.69, 9.17) is 66.3 Å². The Bertz CT molecular complexity index is 2620. The third-order valence-corrected chi connectivity index (χ3v) is 15.7. The molecule has 2 amide bonds. The first-order chi connectivity index (χ1) is 42.6. The molecule has 0 aliphatic carbocycles. The Hall–Kier alpha value is -1.22. The van der Waals surface area contributed by atoms with Crippen molar-refractivity contribution in [3.63, 3.8) is 0 Å². The number of carboxylic acids is 1. The van der Waals surface area contributed by atoms with E-state index in [1.54, 1.807) is 34.8 Å². The van der Waals surface area contributed by atoms with Crippen LogP contribution >= 0.6 is 28.3 Å². The number of phosphoric ester groups is 2. The van der Waals surface area contributed by atoms with Crippen molar-refractivity contribution in [2.24, 2.45) is 0 Å². The van der Waals surface area contributed by atoms with Crippen LogP contribution in [0.15, 0.2) is 21.9 Å². The molecule has 1 aromatic rings. The van der Waals surface area contributed by atoms with Gasteiger partial charge in [0.2, 0.25) is 0 Å². The van der Waals surface area contributed by atoms with Gasteiger partial charge >= 0.3 is 70.8 Å². The summed E-state index contributed by atoms with van der Waals surface area (Å²) in [5.41, 5.74) is -1.81. The van der Waals surface area contributed by atoms with E-state index < -0.39 is 180 Å². The maximum absolute atomic E-state index is 12.4. The zero-order valence-corrected chi connectivity index (χ0v) is 58.9. The molecule has 1 aromatic heterocycles. The van der Waals surface area contributed by atoms with Crippen LogP contribution in [0.4, 0.5) is 0 Å². The maximum atomic E-state index is 12.4. The number of carbonyl (C=O) groups excluding carboxylic acids is 2. The number of rotatable bonds is 28. The van der Waals surface area contributed by atoms with Crippen LogP contribution in [0.3, 0.4) is 0 Å². The molecule has 0 radical (unpaired) electrons. The number of methoxy groups -OCH3 is 3. The van der Waals surface area contributed by atoms with Gasteiger partial charge in [0.25, 0.3) is 33.0 Å². The number of nitrogens with zero attached hydrogens (tertiary/aromatic N) is 1. The van der Waals surface area contributed by atoms with Gasteiger partial charge in [-0.3, -0.25) is 37.6 Å². The Morgan fingerprint density at radius 3 is 1.62 bits per heavy atom. The van der Waals surface area contributed by atoms with Crippen molar-refractivity contribution in [3.8, 4) is 0 Å². The fraction of sp³-hybridized carbons (Fsp3) is 0.854. The van der Waals surface area contributed by atoms with Gasteiger partial charge in [-0.05, 0) is 27.7 Å². The zero-order chi connectivity index (χ0) is 68.2. The molecule has 21 atom stereocenters. The van der Waals surface area contributed by atoms with Crippen LogP contribution in [0, 0.1) is 0 Å². The number of aliphatic hydroxyl groups is 9. The minimum Gasteiger partial charge on any atom is -0.756 e. The Kier molecular flexibility index (Phi) is 39.2. The number of carboxylic acid groups (broad SMARTS) is 1. The number of phosphoric acid groups is 2. The van der Waals surface area contributed by atoms with E-state index in [2.05, 4.69) is 36.6 Å². The second kappa shape index (κ2) is 41.5. The maximum Gasteiger partial charge on any atom is 1.00 e. The average molecular weight is 1430 g/mol. The van der Waals surface area contributed by atoms with Crippen LogP contribution < -0.4 is 90.8 Å². The van der Waals surface area contributed by atoms with Gasteiger partial charge in [-0.15, -0.1) is 0 Å². The number of aliphatic carboxylic acids is 1. The number of carbonyl (C=O) groups is 3. The molecule has 6 aliphatic heterocycles. The smallest absolute Gasteiger partial charge is 0.756 e. The largest absolute Gasteiger partial charge is 1.00 e. The van der Waals surface area contributed by atoms with E-state index in [-0.39, 0.29) is 98.6 Å². The first-order valence-electron chi connectivity index (χ1n) is 27.7. The second-order valence-electron chi connectivity index (χ2n) is 20.8. The molecule has 11 unspecified atom stereocenters. The Morgan fingerprint density at radius 1 is 0.613 bits per heavy atom. The van der Waals surface area contributed by atoms with Gasteiger partial charge in [0.05, 0.1) is 66.1 Å². The summed E-state index contributed by atoms with van der Waals surface area (Å²) in [7, 11) is -7.29. The minimum absolute atomic E-state index is 0. The third-order valence-electron chi connectivity index (χ3n) is 13.0. The normalized spacial score (nSPS) is 33.5. The zero-order valence-electron chi connectivity index (χ0n) is 52.2. The fourth-order valence-corrected chi connectivity index (χ4v) is 10.9. The summed E-state index contributed by atoms with van der Waals surface area (Å²) in [5.74, 6) is -3.79. The average Bonchev–Trinajstić information content (AvgIpc) is 1.62. The van der Waals surface area contributed by atoms with E-state index in [9.17, 15) is 94.0 Å². The third kappa shape index (κ3) is 27.3. The van der Waals surface area contributed by atoms with Crippen molar-refractivity contribution in [3.05, 3.63) is 33.1 Å². The molecule has 40 nitrogen and oxygen atoms in total. The minimum atomic E-state index is -6.04. The number of aromatic nitrogens is 2. The number of ether oxygens (including phenoxy) is 14. The summed E-state index contributed by atoms with van der Waals surface area (Å²) in [5, 5.41) is 102. The molecular weight excluding hydrogens is 1350 g/mol. The molecular formula is C48H82N4Na2O36P2S. The molecule has 7 heterocycles. The number of aromatic amines is 1. The van der Waals surface area contributed by atoms with E-state index in [1.807, 2.05) is 4.98 Å². The molecule has 45 heteroatoms.